The molecule has 1 saturated heterocycles. The number of oxime groups is 1. The maximum atomic E-state index is 12.7. The van der Waals surface area contributed by atoms with Crippen molar-refractivity contribution in [1.82, 2.24) is 24.8 Å². The fourth-order valence-corrected chi connectivity index (χ4v) is 5.30. The molecule has 0 spiro atoms. The zero-order valence-electron chi connectivity index (χ0n) is 16.3. The van der Waals surface area contributed by atoms with E-state index in [0.29, 0.717) is 11.3 Å². The van der Waals surface area contributed by atoms with E-state index in [1.165, 1.54) is 17.1 Å². The number of rotatable bonds is 6. The van der Waals surface area contributed by atoms with E-state index in [1.807, 2.05) is 0 Å². The van der Waals surface area contributed by atoms with Crippen LogP contribution in [0.5, 0.6) is 0 Å². The molecule has 1 unspecified atom stereocenters. The Morgan fingerprint density at radius 2 is 2.16 bits per heavy atom. The molecule has 2 atom stereocenters. The van der Waals surface area contributed by atoms with Crippen LogP contribution in [-0.4, -0.2) is 65.3 Å². The molecule has 4 N–H and O–H groups in total. The van der Waals surface area contributed by atoms with E-state index in [2.05, 4.69) is 25.0 Å². The maximum absolute atomic E-state index is 12.7. The summed E-state index contributed by atoms with van der Waals surface area (Å²) >= 11 is 3.48. The minimum Gasteiger partial charge on any atom is -0.543 e. The molecule has 2 amide bonds. The molecular formula is C16H12N7NaO5S3. The molecule has 32 heavy (non-hydrogen) atoms. The van der Waals surface area contributed by atoms with Crippen molar-refractivity contribution in [2.75, 3.05) is 11.5 Å². The SMILES string of the molecule is Nc1nc(/C(=N/O)C(=O)NC2C(=O)N3C(C(=O)[O-])=C(/C=C\c4csnn4)CS[C@H]23)cs1.[Na+]. The van der Waals surface area contributed by atoms with Crippen LogP contribution in [0.3, 0.4) is 0 Å². The van der Waals surface area contributed by atoms with Crippen LogP contribution < -0.4 is 45.7 Å². The van der Waals surface area contributed by atoms with Gasteiger partial charge >= 0.3 is 29.6 Å². The molecule has 4 heterocycles. The fraction of sp³-hybridized carbons (Fsp3) is 0.188. The molecule has 0 aliphatic carbocycles. The van der Waals surface area contributed by atoms with Gasteiger partial charge in [0.25, 0.3) is 11.8 Å². The van der Waals surface area contributed by atoms with Gasteiger partial charge in [-0.25, -0.2) is 4.98 Å². The molecule has 16 heteroatoms. The number of carbonyl (C=O) groups excluding carboxylic acids is 3. The fourth-order valence-electron chi connectivity index (χ4n) is 3.01. The number of nitrogens with two attached hydrogens (primary N) is 1. The molecule has 2 aromatic heterocycles. The number of anilines is 1. The number of allylic oxidation sites excluding steroid dienone is 1. The average Bonchev–Trinajstić information content (AvgIpc) is 3.42. The molecule has 0 saturated carbocycles. The number of nitrogens with zero attached hydrogens (tertiary/aromatic N) is 5. The summed E-state index contributed by atoms with van der Waals surface area (Å²) in [7, 11) is 0. The molecule has 0 radical (unpaired) electrons. The Morgan fingerprint density at radius 1 is 1.38 bits per heavy atom. The van der Waals surface area contributed by atoms with Gasteiger partial charge in [0.15, 0.2) is 10.8 Å². The van der Waals surface area contributed by atoms with Gasteiger partial charge in [-0.05, 0) is 23.2 Å². The van der Waals surface area contributed by atoms with Crippen molar-refractivity contribution in [2.45, 2.75) is 11.4 Å². The number of thioether (sulfide) groups is 1. The number of aromatic nitrogens is 3. The van der Waals surface area contributed by atoms with Gasteiger partial charge in [-0.3, -0.25) is 14.5 Å². The van der Waals surface area contributed by atoms with E-state index in [1.54, 1.807) is 17.5 Å². The van der Waals surface area contributed by atoms with Crippen LogP contribution in [0, 0.1) is 0 Å². The Hall–Kier alpha value is -2.30. The summed E-state index contributed by atoms with van der Waals surface area (Å²) in [5, 5.41) is 32.8. The second-order valence-electron chi connectivity index (χ2n) is 6.20. The van der Waals surface area contributed by atoms with E-state index in [0.717, 1.165) is 27.8 Å². The van der Waals surface area contributed by atoms with Crippen LogP contribution >= 0.6 is 34.6 Å². The molecule has 12 nitrogen and oxygen atoms in total. The predicted molar refractivity (Wildman–Crippen MR) is 111 cm³/mol. The molecule has 4 rings (SSSR count). The van der Waals surface area contributed by atoms with Crippen LogP contribution in [-0.2, 0) is 14.4 Å². The summed E-state index contributed by atoms with van der Waals surface area (Å²) in [5.41, 5.74) is 5.85. The van der Waals surface area contributed by atoms with Gasteiger partial charge in [-0.15, -0.1) is 28.2 Å². The van der Waals surface area contributed by atoms with Crippen LogP contribution in [0.25, 0.3) is 6.08 Å². The smallest absolute Gasteiger partial charge is 0.543 e. The van der Waals surface area contributed by atoms with Gasteiger partial charge in [0.1, 0.15) is 17.1 Å². The monoisotopic (exact) mass is 501 g/mol. The minimum absolute atomic E-state index is 0. The number of thiazole rings is 1. The molecule has 2 aliphatic rings. The molecule has 2 aliphatic heterocycles. The van der Waals surface area contributed by atoms with Crippen molar-refractivity contribution in [2.24, 2.45) is 5.16 Å². The van der Waals surface area contributed by atoms with Crippen molar-refractivity contribution in [1.29, 1.82) is 0 Å². The first kappa shape index (κ1) is 24.3. The largest absolute Gasteiger partial charge is 1.00 e. The van der Waals surface area contributed by atoms with Crippen LogP contribution in [0.4, 0.5) is 5.13 Å². The number of fused-ring (bicyclic) bond motifs is 1. The first-order valence-electron chi connectivity index (χ1n) is 8.49. The number of amides is 2. The van der Waals surface area contributed by atoms with Gasteiger partial charge in [-0.2, -0.15) is 0 Å². The Bertz CT molecular complexity index is 1150. The number of nitrogen functional groups attached to an aromatic ring is 1. The summed E-state index contributed by atoms with van der Waals surface area (Å²) in [6, 6.07) is -1.01. The number of carboxylic acid groups (broad SMARTS) is 1. The van der Waals surface area contributed by atoms with E-state index < -0.39 is 34.9 Å². The van der Waals surface area contributed by atoms with E-state index in [-0.39, 0.29) is 51.8 Å². The second-order valence-corrected chi connectivity index (χ2v) is 8.81. The summed E-state index contributed by atoms with van der Waals surface area (Å²) in [6.07, 6.45) is 3.14. The third-order valence-corrected chi connectivity index (χ3v) is 6.89. The minimum atomic E-state index is -1.50. The summed E-state index contributed by atoms with van der Waals surface area (Å²) in [4.78, 5) is 41.9. The maximum Gasteiger partial charge on any atom is 1.00 e. The number of hydrogen-bond acceptors (Lipinski definition) is 13. The Balaban J connectivity index is 0.00000289. The normalized spacial score (nSPS) is 20.6. The zero-order valence-corrected chi connectivity index (χ0v) is 20.7. The number of carbonyl (C=O) groups is 3. The third-order valence-electron chi connectivity index (χ3n) is 4.39. The van der Waals surface area contributed by atoms with Crippen molar-refractivity contribution in [3.63, 3.8) is 0 Å². The first-order valence-corrected chi connectivity index (χ1v) is 11.3. The van der Waals surface area contributed by atoms with Crippen molar-refractivity contribution in [3.8, 4) is 0 Å². The molecule has 0 aromatic carbocycles. The quantitative estimate of drug-likeness (QED) is 0.115. The zero-order chi connectivity index (χ0) is 22.1. The van der Waals surface area contributed by atoms with Gasteiger partial charge in [0.2, 0.25) is 0 Å². The number of carboxylic acids is 1. The van der Waals surface area contributed by atoms with Gasteiger partial charge in [-0.1, -0.05) is 15.7 Å². The molecule has 160 valence electrons. The van der Waals surface area contributed by atoms with Crippen molar-refractivity contribution >= 4 is 69.3 Å². The van der Waals surface area contributed by atoms with Gasteiger partial charge in [0, 0.05) is 16.5 Å². The summed E-state index contributed by atoms with van der Waals surface area (Å²) < 4.78 is 3.72. The third kappa shape index (κ3) is 4.57. The summed E-state index contributed by atoms with van der Waals surface area (Å²) in [6.45, 7) is 0. The molecule has 1 fully saturated rings. The number of β-lactam (4-membered cyclic amide) rings is 1. The average molecular weight is 502 g/mol. The Kier molecular flexibility index (Phi) is 7.68. The summed E-state index contributed by atoms with van der Waals surface area (Å²) in [5.74, 6) is -2.70. The van der Waals surface area contributed by atoms with E-state index in [9.17, 15) is 24.7 Å². The number of nitrogens with one attached hydrogen (secondary N) is 1. The Morgan fingerprint density at radius 3 is 2.75 bits per heavy atom. The van der Waals surface area contributed by atoms with E-state index in [4.69, 9.17) is 5.73 Å². The van der Waals surface area contributed by atoms with Crippen molar-refractivity contribution in [3.05, 3.63) is 39.5 Å². The molecule has 2 aromatic rings. The molecule has 0 bridgehead atoms. The van der Waals surface area contributed by atoms with E-state index >= 15 is 0 Å². The van der Waals surface area contributed by atoms with Crippen molar-refractivity contribution < 1.29 is 54.3 Å². The topological polar surface area (TPSA) is 187 Å². The first-order chi connectivity index (χ1) is 14.9. The van der Waals surface area contributed by atoms with Crippen LogP contribution in [0.2, 0.25) is 0 Å². The second kappa shape index (κ2) is 10.1. The Labute approximate surface area is 214 Å². The number of hydrogen-bond donors (Lipinski definition) is 3. The predicted octanol–water partition coefficient (Wildman–Crippen LogP) is -4.12. The van der Waals surface area contributed by atoms with Gasteiger partial charge in [0.05, 0.1) is 17.4 Å². The van der Waals surface area contributed by atoms with Crippen LogP contribution in [0.1, 0.15) is 11.4 Å². The standard InChI is InChI=1S/C16H13N7O5S3.Na/c17-16-18-8(5-30-16)9(21-28)12(24)19-10-13(25)23-11(15(26)27)6(3-29-14(10)23)1-2-7-4-31-22-20-7;/h1-2,4-5,10,14,28H,3H2,(H2,17,18)(H,19,24)(H,26,27);/q;+1/p-1/b2-1-,21-9-;/t10?,14-;/m1./s1. The van der Waals surface area contributed by atoms with Gasteiger partial charge < -0.3 is 26.2 Å². The molecular weight excluding hydrogens is 489 g/mol. The number of aliphatic carboxylic acids is 1. The van der Waals surface area contributed by atoms with Crippen LogP contribution in [0.15, 0.2) is 33.3 Å².